The van der Waals surface area contributed by atoms with Gasteiger partial charge in [0, 0.05) is 38.6 Å². The number of rotatable bonds is 3. The molecule has 1 aliphatic heterocycles. The first kappa shape index (κ1) is 16.1. The molecule has 1 aromatic carbocycles. The van der Waals surface area contributed by atoms with Crippen molar-refractivity contribution in [2.75, 3.05) is 26.2 Å². The van der Waals surface area contributed by atoms with E-state index in [-0.39, 0.29) is 11.7 Å². The predicted molar refractivity (Wildman–Crippen MR) is 86.5 cm³/mol. The van der Waals surface area contributed by atoms with Crippen molar-refractivity contribution in [3.63, 3.8) is 0 Å². The standard InChI is InChI=1S/C18H17FN4O/c19-16-5-3-14(4-6-16)17(12-20)22-8-10-23(11-9-22)18(24)15-2-1-7-21-13-15/h1-7,13,17H,8-11H2. The molecule has 1 fully saturated rings. The Bertz CT molecular complexity index is 734. The maximum Gasteiger partial charge on any atom is 0.255 e. The summed E-state index contributed by atoms with van der Waals surface area (Å²) >= 11 is 0. The molecule has 2 aromatic rings. The third-order valence-electron chi connectivity index (χ3n) is 4.18. The molecule has 1 unspecified atom stereocenters. The molecule has 0 saturated carbocycles. The predicted octanol–water partition coefficient (Wildman–Crippen LogP) is 2.24. The summed E-state index contributed by atoms with van der Waals surface area (Å²) in [5, 5.41) is 9.48. The molecule has 0 spiro atoms. The fourth-order valence-corrected chi connectivity index (χ4v) is 2.87. The first-order valence-corrected chi connectivity index (χ1v) is 7.77. The van der Waals surface area contributed by atoms with Gasteiger partial charge < -0.3 is 4.90 Å². The highest BCUT2D eigenvalue weighted by Gasteiger charge is 2.27. The zero-order chi connectivity index (χ0) is 16.9. The maximum absolute atomic E-state index is 13.1. The van der Waals surface area contributed by atoms with Gasteiger partial charge in [-0.3, -0.25) is 14.7 Å². The number of carbonyl (C=O) groups excluding carboxylic acids is 1. The van der Waals surface area contributed by atoms with E-state index in [0.717, 1.165) is 5.56 Å². The molecule has 1 saturated heterocycles. The molecule has 1 aliphatic rings. The molecule has 24 heavy (non-hydrogen) atoms. The average Bonchev–Trinajstić information content (AvgIpc) is 2.64. The largest absolute Gasteiger partial charge is 0.336 e. The van der Waals surface area contributed by atoms with Crippen LogP contribution in [0.25, 0.3) is 0 Å². The van der Waals surface area contributed by atoms with E-state index in [1.54, 1.807) is 41.6 Å². The molecule has 1 amide bonds. The van der Waals surface area contributed by atoms with Crippen molar-refractivity contribution < 1.29 is 9.18 Å². The molecule has 0 N–H and O–H groups in total. The molecule has 1 atom stereocenters. The SMILES string of the molecule is N#CC(c1ccc(F)cc1)N1CCN(C(=O)c2cccnc2)CC1. The number of benzene rings is 1. The first-order valence-electron chi connectivity index (χ1n) is 7.77. The van der Waals surface area contributed by atoms with Gasteiger partial charge in [-0.05, 0) is 29.8 Å². The second-order valence-electron chi connectivity index (χ2n) is 5.65. The zero-order valence-corrected chi connectivity index (χ0v) is 13.1. The molecule has 1 aromatic heterocycles. The summed E-state index contributed by atoms with van der Waals surface area (Å²) in [6.07, 6.45) is 3.19. The molecule has 0 radical (unpaired) electrons. The van der Waals surface area contributed by atoms with E-state index < -0.39 is 6.04 Å². The van der Waals surface area contributed by atoms with Gasteiger partial charge >= 0.3 is 0 Å². The van der Waals surface area contributed by atoms with Crippen molar-refractivity contribution in [3.8, 4) is 6.07 Å². The molecular formula is C18H17FN4O. The summed E-state index contributed by atoms with van der Waals surface area (Å²) < 4.78 is 13.1. The topological polar surface area (TPSA) is 60.2 Å². The van der Waals surface area contributed by atoms with Gasteiger partial charge in [0.2, 0.25) is 0 Å². The molecule has 0 bridgehead atoms. The minimum atomic E-state index is -0.429. The van der Waals surface area contributed by atoms with Crippen LogP contribution in [0.5, 0.6) is 0 Å². The van der Waals surface area contributed by atoms with Crippen molar-refractivity contribution in [1.29, 1.82) is 5.26 Å². The van der Waals surface area contributed by atoms with E-state index in [0.29, 0.717) is 31.7 Å². The Hall–Kier alpha value is -2.78. The van der Waals surface area contributed by atoms with Gasteiger partial charge in [0.15, 0.2) is 0 Å². The fourth-order valence-electron chi connectivity index (χ4n) is 2.87. The van der Waals surface area contributed by atoms with E-state index in [1.165, 1.54) is 12.1 Å². The van der Waals surface area contributed by atoms with Crippen molar-refractivity contribution in [1.82, 2.24) is 14.8 Å². The van der Waals surface area contributed by atoms with Crippen LogP contribution in [0, 0.1) is 17.1 Å². The van der Waals surface area contributed by atoms with Crippen LogP contribution < -0.4 is 0 Å². The second kappa shape index (κ2) is 7.20. The van der Waals surface area contributed by atoms with E-state index >= 15 is 0 Å². The monoisotopic (exact) mass is 324 g/mol. The summed E-state index contributed by atoms with van der Waals surface area (Å²) in [6, 6.07) is 11.3. The Kier molecular flexibility index (Phi) is 4.82. The molecule has 3 rings (SSSR count). The van der Waals surface area contributed by atoms with Gasteiger partial charge in [-0.15, -0.1) is 0 Å². The fraction of sp³-hybridized carbons (Fsp3) is 0.278. The van der Waals surface area contributed by atoms with Crippen LogP contribution in [0.15, 0.2) is 48.8 Å². The Morgan fingerprint density at radius 2 is 1.88 bits per heavy atom. The highest BCUT2D eigenvalue weighted by molar-refractivity contribution is 5.93. The molecule has 5 nitrogen and oxygen atoms in total. The molecule has 6 heteroatoms. The number of pyridine rings is 1. The smallest absolute Gasteiger partial charge is 0.255 e. The Morgan fingerprint density at radius 3 is 2.46 bits per heavy atom. The average molecular weight is 324 g/mol. The normalized spacial score (nSPS) is 16.4. The maximum atomic E-state index is 13.1. The summed E-state index contributed by atoms with van der Waals surface area (Å²) in [7, 11) is 0. The van der Waals surface area contributed by atoms with Crippen molar-refractivity contribution >= 4 is 5.91 Å². The van der Waals surface area contributed by atoms with E-state index in [4.69, 9.17) is 0 Å². The van der Waals surface area contributed by atoms with Crippen LogP contribution in [0.2, 0.25) is 0 Å². The van der Waals surface area contributed by atoms with E-state index in [2.05, 4.69) is 11.1 Å². The van der Waals surface area contributed by atoms with Crippen LogP contribution in [0.1, 0.15) is 22.0 Å². The van der Waals surface area contributed by atoms with Gasteiger partial charge in [-0.1, -0.05) is 12.1 Å². The van der Waals surface area contributed by atoms with Crippen LogP contribution in [0.3, 0.4) is 0 Å². The van der Waals surface area contributed by atoms with Crippen LogP contribution >= 0.6 is 0 Å². The highest BCUT2D eigenvalue weighted by Crippen LogP contribution is 2.22. The number of piperazine rings is 1. The number of carbonyl (C=O) groups is 1. The van der Waals surface area contributed by atoms with Crippen LogP contribution in [0.4, 0.5) is 4.39 Å². The summed E-state index contributed by atoms with van der Waals surface area (Å²) in [4.78, 5) is 20.2. The first-order chi connectivity index (χ1) is 11.7. The lowest BCUT2D eigenvalue weighted by Gasteiger charge is -2.37. The minimum Gasteiger partial charge on any atom is -0.336 e. The lowest BCUT2D eigenvalue weighted by atomic mass is 10.1. The summed E-state index contributed by atoms with van der Waals surface area (Å²) in [5.41, 5.74) is 1.34. The third kappa shape index (κ3) is 3.42. The van der Waals surface area contributed by atoms with Crippen molar-refractivity contribution in [2.24, 2.45) is 0 Å². The minimum absolute atomic E-state index is 0.0435. The number of nitrogens with zero attached hydrogens (tertiary/aromatic N) is 4. The van der Waals surface area contributed by atoms with Crippen LogP contribution in [-0.4, -0.2) is 46.9 Å². The number of amides is 1. The Labute approximate surface area is 139 Å². The number of aromatic nitrogens is 1. The number of halogens is 1. The molecule has 122 valence electrons. The van der Waals surface area contributed by atoms with Crippen LogP contribution in [-0.2, 0) is 0 Å². The zero-order valence-electron chi connectivity index (χ0n) is 13.1. The number of nitriles is 1. The van der Waals surface area contributed by atoms with Crippen molar-refractivity contribution in [2.45, 2.75) is 6.04 Å². The van der Waals surface area contributed by atoms with E-state index in [9.17, 15) is 14.4 Å². The molecular weight excluding hydrogens is 307 g/mol. The quantitative estimate of drug-likeness (QED) is 0.869. The van der Waals surface area contributed by atoms with E-state index in [1.807, 2.05) is 4.90 Å². The Balaban J connectivity index is 1.65. The van der Waals surface area contributed by atoms with Crippen molar-refractivity contribution in [3.05, 3.63) is 65.7 Å². The molecule has 0 aliphatic carbocycles. The molecule has 2 heterocycles. The van der Waals surface area contributed by atoms with Gasteiger partial charge in [-0.25, -0.2) is 4.39 Å². The Morgan fingerprint density at radius 1 is 1.17 bits per heavy atom. The lowest BCUT2D eigenvalue weighted by molar-refractivity contribution is 0.0606. The third-order valence-corrected chi connectivity index (χ3v) is 4.18. The lowest BCUT2D eigenvalue weighted by Crippen LogP contribution is -2.49. The second-order valence-corrected chi connectivity index (χ2v) is 5.65. The van der Waals surface area contributed by atoms with Gasteiger partial charge in [0.1, 0.15) is 11.9 Å². The van der Waals surface area contributed by atoms with Gasteiger partial charge in [-0.2, -0.15) is 5.26 Å². The number of hydrogen-bond acceptors (Lipinski definition) is 4. The summed E-state index contributed by atoms with van der Waals surface area (Å²) in [6.45, 7) is 2.30. The van der Waals surface area contributed by atoms with Gasteiger partial charge in [0.05, 0.1) is 11.6 Å². The number of hydrogen-bond donors (Lipinski definition) is 0. The summed E-state index contributed by atoms with van der Waals surface area (Å²) in [5.74, 6) is -0.361. The van der Waals surface area contributed by atoms with Gasteiger partial charge in [0.25, 0.3) is 5.91 Å². The highest BCUT2D eigenvalue weighted by atomic mass is 19.1.